The Morgan fingerprint density at radius 2 is 1.53 bits per heavy atom. The number of likely N-dealkylation sites (N-methyl/N-ethyl adjacent to an activating group) is 1. The second kappa shape index (κ2) is 10.8. The van der Waals surface area contributed by atoms with Gasteiger partial charge in [-0.25, -0.2) is 0 Å². The lowest BCUT2D eigenvalue weighted by Gasteiger charge is -2.25. The molecule has 2 amide bonds. The van der Waals surface area contributed by atoms with Gasteiger partial charge in [-0.15, -0.1) is 0 Å². The monoisotopic (exact) mass is 455 g/mol. The molecule has 174 valence electrons. The van der Waals surface area contributed by atoms with E-state index in [9.17, 15) is 9.59 Å². The number of rotatable bonds is 10. The topological polar surface area (TPSA) is 62.7 Å². The van der Waals surface area contributed by atoms with Crippen LogP contribution in [0.15, 0.2) is 84.8 Å². The smallest absolute Gasteiger partial charge is 0.277 e. The van der Waals surface area contributed by atoms with Crippen molar-refractivity contribution in [2.24, 2.45) is 0 Å². The molecule has 0 N–H and O–H groups in total. The van der Waals surface area contributed by atoms with Gasteiger partial charge in [0.25, 0.3) is 11.8 Å². The number of carbonyl (C=O) groups excluding carboxylic acids is 2. The van der Waals surface area contributed by atoms with Gasteiger partial charge < -0.3 is 9.64 Å². The molecule has 0 unspecified atom stereocenters. The van der Waals surface area contributed by atoms with Gasteiger partial charge in [-0.3, -0.25) is 19.5 Å². The SMILES string of the molecule is CCN(CCc1ccncc1)C1=C(c2ccc(OC)cc2)C(=O)N(CCc2ccccc2)C1=O. The van der Waals surface area contributed by atoms with E-state index in [1.54, 1.807) is 19.5 Å². The van der Waals surface area contributed by atoms with Crippen LogP contribution in [-0.4, -0.2) is 53.3 Å². The van der Waals surface area contributed by atoms with Gasteiger partial charge in [0.1, 0.15) is 11.4 Å². The summed E-state index contributed by atoms with van der Waals surface area (Å²) in [5, 5.41) is 0. The van der Waals surface area contributed by atoms with Crippen LogP contribution in [0.1, 0.15) is 23.6 Å². The van der Waals surface area contributed by atoms with E-state index < -0.39 is 0 Å². The second-order valence-corrected chi connectivity index (χ2v) is 8.13. The molecule has 0 atom stereocenters. The molecule has 4 rings (SSSR count). The van der Waals surface area contributed by atoms with Crippen molar-refractivity contribution in [1.82, 2.24) is 14.8 Å². The first-order valence-corrected chi connectivity index (χ1v) is 11.5. The Hall–Kier alpha value is -3.93. The maximum Gasteiger partial charge on any atom is 0.277 e. The summed E-state index contributed by atoms with van der Waals surface area (Å²) in [4.78, 5) is 34.7. The largest absolute Gasteiger partial charge is 0.497 e. The Bertz CT molecular complexity index is 1160. The van der Waals surface area contributed by atoms with E-state index in [4.69, 9.17) is 4.74 Å². The highest BCUT2D eigenvalue weighted by Gasteiger charge is 2.40. The molecule has 1 aliphatic heterocycles. The first kappa shape index (κ1) is 23.2. The highest BCUT2D eigenvalue weighted by molar-refractivity contribution is 6.35. The predicted octanol–water partition coefficient (Wildman–Crippen LogP) is 3.98. The van der Waals surface area contributed by atoms with Gasteiger partial charge in [-0.1, -0.05) is 42.5 Å². The molecule has 0 saturated carbocycles. The fourth-order valence-corrected chi connectivity index (χ4v) is 4.20. The van der Waals surface area contributed by atoms with Crippen molar-refractivity contribution < 1.29 is 14.3 Å². The molecular formula is C28H29N3O3. The van der Waals surface area contributed by atoms with Gasteiger partial charge in [-0.05, 0) is 60.7 Å². The van der Waals surface area contributed by atoms with E-state index in [0.717, 1.165) is 23.1 Å². The molecule has 0 spiro atoms. The molecule has 2 aromatic carbocycles. The molecule has 6 nitrogen and oxygen atoms in total. The third kappa shape index (κ3) is 5.01. The number of nitrogens with zero attached hydrogens (tertiary/aromatic N) is 3. The normalized spacial score (nSPS) is 13.5. The Labute approximate surface area is 200 Å². The predicted molar refractivity (Wildman–Crippen MR) is 132 cm³/mol. The van der Waals surface area contributed by atoms with Gasteiger partial charge in [0.15, 0.2) is 0 Å². The maximum atomic E-state index is 13.6. The lowest BCUT2D eigenvalue weighted by Crippen LogP contribution is -2.37. The van der Waals surface area contributed by atoms with Crippen LogP contribution in [0, 0.1) is 0 Å². The maximum absolute atomic E-state index is 13.6. The highest BCUT2D eigenvalue weighted by atomic mass is 16.5. The summed E-state index contributed by atoms with van der Waals surface area (Å²) in [5.74, 6) is 0.223. The zero-order valence-corrected chi connectivity index (χ0v) is 19.6. The lowest BCUT2D eigenvalue weighted by molar-refractivity contribution is -0.137. The number of imide groups is 1. The molecule has 3 aromatic rings. The van der Waals surface area contributed by atoms with E-state index in [1.165, 1.54) is 4.90 Å². The van der Waals surface area contributed by atoms with Crippen LogP contribution in [0.4, 0.5) is 0 Å². The van der Waals surface area contributed by atoms with Crippen molar-refractivity contribution in [2.75, 3.05) is 26.7 Å². The molecule has 34 heavy (non-hydrogen) atoms. The van der Waals surface area contributed by atoms with Gasteiger partial charge >= 0.3 is 0 Å². The van der Waals surface area contributed by atoms with Gasteiger partial charge in [0, 0.05) is 32.0 Å². The van der Waals surface area contributed by atoms with Crippen LogP contribution in [0.2, 0.25) is 0 Å². The van der Waals surface area contributed by atoms with Gasteiger partial charge in [-0.2, -0.15) is 0 Å². The van der Waals surface area contributed by atoms with Crippen LogP contribution in [0.25, 0.3) is 5.57 Å². The second-order valence-electron chi connectivity index (χ2n) is 8.13. The Morgan fingerprint density at radius 1 is 0.853 bits per heavy atom. The number of methoxy groups -OCH3 is 1. The molecule has 0 bridgehead atoms. The van der Waals surface area contributed by atoms with Crippen LogP contribution in [-0.2, 0) is 22.4 Å². The first-order valence-electron chi connectivity index (χ1n) is 11.5. The fraction of sp³-hybridized carbons (Fsp3) is 0.250. The zero-order valence-electron chi connectivity index (χ0n) is 19.6. The van der Waals surface area contributed by atoms with Crippen LogP contribution in [0.5, 0.6) is 5.75 Å². The van der Waals surface area contributed by atoms with Crippen molar-refractivity contribution in [3.05, 3.63) is 102 Å². The van der Waals surface area contributed by atoms with E-state index in [0.29, 0.717) is 43.1 Å². The number of pyridine rings is 1. The van der Waals surface area contributed by atoms with Crippen molar-refractivity contribution in [3.63, 3.8) is 0 Å². The van der Waals surface area contributed by atoms with Crippen molar-refractivity contribution in [3.8, 4) is 5.75 Å². The van der Waals surface area contributed by atoms with E-state index in [1.807, 2.05) is 78.6 Å². The Morgan fingerprint density at radius 3 is 2.18 bits per heavy atom. The molecule has 6 heteroatoms. The number of hydrogen-bond acceptors (Lipinski definition) is 5. The summed E-state index contributed by atoms with van der Waals surface area (Å²) < 4.78 is 5.28. The number of ether oxygens (including phenoxy) is 1. The van der Waals surface area contributed by atoms with Crippen LogP contribution in [0.3, 0.4) is 0 Å². The molecule has 0 saturated heterocycles. The minimum atomic E-state index is -0.247. The highest BCUT2D eigenvalue weighted by Crippen LogP contribution is 2.32. The van der Waals surface area contributed by atoms with Gasteiger partial charge in [0.2, 0.25) is 0 Å². The van der Waals surface area contributed by atoms with Crippen LogP contribution >= 0.6 is 0 Å². The summed E-state index contributed by atoms with van der Waals surface area (Å²) in [6.07, 6.45) is 4.90. The Kier molecular flexibility index (Phi) is 7.38. The Balaban J connectivity index is 1.64. The van der Waals surface area contributed by atoms with Crippen molar-refractivity contribution in [2.45, 2.75) is 19.8 Å². The minimum absolute atomic E-state index is 0.233. The number of amides is 2. The average Bonchev–Trinajstić information content (AvgIpc) is 3.13. The summed E-state index contributed by atoms with van der Waals surface area (Å²) >= 11 is 0. The molecular weight excluding hydrogens is 426 g/mol. The summed E-state index contributed by atoms with van der Waals surface area (Å²) in [7, 11) is 1.60. The molecule has 0 aliphatic carbocycles. The molecule has 0 radical (unpaired) electrons. The molecule has 1 aromatic heterocycles. The van der Waals surface area contributed by atoms with Crippen molar-refractivity contribution >= 4 is 17.4 Å². The summed E-state index contributed by atoms with van der Waals surface area (Å²) in [5.41, 5.74) is 3.88. The summed E-state index contributed by atoms with van der Waals surface area (Å²) in [6.45, 7) is 3.59. The van der Waals surface area contributed by atoms with E-state index >= 15 is 0 Å². The standard InChI is InChI=1S/C28H29N3O3/c1-3-30(19-15-22-13-17-29-18-14-22)26-25(23-9-11-24(34-2)12-10-23)27(32)31(28(26)33)20-16-21-7-5-4-6-8-21/h4-14,17-18H,3,15-16,19-20H2,1-2H3. The van der Waals surface area contributed by atoms with Crippen molar-refractivity contribution in [1.29, 1.82) is 0 Å². The number of carbonyl (C=O) groups is 2. The van der Waals surface area contributed by atoms with E-state index in [2.05, 4.69) is 4.98 Å². The molecule has 2 heterocycles. The number of hydrogen-bond donors (Lipinski definition) is 0. The number of benzene rings is 2. The minimum Gasteiger partial charge on any atom is -0.497 e. The van der Waals surface area contributed by atoms with Gasteiger partial charge in [0.05, 0.1) is 12.7 Å². The summed E-state index contributed by atoms with van der Waals surface area (Å²) in [6, 6.07) is 21.2. The quantitative estimate of drug-likeness (QED) is 0.433. The third-order valence-corrected chi connectivity index (χ3v) is 6.11. The van der Waals surface area contributed by atoms with E-state index in [-0.39, 0.29) is 11.8 Å². The third-order valence-electron chi connectivity index (χ3n) is 6.11. The average molecular weight is 456 g/mol. The van der Waals surface area contributed by atoms with Crippen LogP contribution < -0.4 is 4.74 Å². The molecule has 0 fully saturated rings. The number of aromatic nitrogens is 1. The lowest BCUT2D eigenvalue weighted by atomic mass is 10.0. The molecule has 1 aliphatic rings. The first-order chi connectivity index (χ1) is 16.6. The zero-order chi connectivity index (χ0) is 23.9. The fourth-order valence-electron chi connectivity index (χ4n) is 4.20.